The lowest BCUT2D eigenvalue weighted by Gasteiger charge is -2.56. The lowest BCUT2D eigenvalue weighted by Crippen LogP contribution is -2.51. The van der Waals surface area contributed by atoms with E-state index >= 15 is 0 Å². The SMILES string of the molecule is CC1=Cc2c(cccc2C2[C]3CC4CC(C3)C(=[Si](C)C)C2C4)C1. The van der Waals surface area contributed by atoms with E-state index < -0.39 is 0 Å². The van der Waals surface area contributed by atoms with Crippen LogP contribution in [0.4, 0.5) is 0 Å². The molecule has 0 spiro atoms. The minimum atomic E-state index is -0.271. The summed E-state index contributed by atoms with van der Waals surface area (Å²) < 4.78 is 0. The predicted octanol–water partition coefficient (Wildman–Crippen LogP) is 5.26. The number of rotatable bonds is 1. The first-order valence-corrected chi connectivity index (χ1v) is 11.9. The Labute approximate surface area is 142 Å². The Morgan fingerprint density at radius 2 is 1.96 bits per heavy atom. The summed E-state index contributed by atoms with van der Waals surface area (Å²) in [6, 6.07) is 7.14. The molecular formula is C22H27Si. The Bertz CT molecular complexity index is 734. The van der Waals surface area contributed by atoms with Crippen molar-refractivity contribution in [1.29, 1.82) is 0 Å². The molecule has 0 nitrogen and oxygen atoms in total. The largest absolute Gasteiger partial charge is 0.0831 e. The highest BCUT2D eigenvalue weighted by molar-refractivity contribution is 6.69. The molecule has 4 saturated carbocycles. The molecule has 0 saturated heterocycles. The van der Waals surface area contributed by atoms with Crippen molar-refractivity contribution >= 4 is 19.7 Å². The summed E-state index contributed by atoms with van der Waals surface area (Å²) >= 11 is 0. The van der Waals surface area contributed by atoms with Crippen molar-refractivity contribution in [2.24, 2.45) is 17.8 Å². The molecule has 4 fully saturated rings. The third-order valence-corrected chi connectivity index (χ3v) is 8.88. The molecule has 6 rings (SSSR count). The number of fused-ring (bicyclic) bond motifs is 1. The first-order valence-electron chi connectivity index (χ1n) is 9.42. The van der Waals surface area contributed by atoms with Gasteiger partial charge in [0.1, 0.15) is 0 Å². The molecule has 1 heteroatoms. The minimum Gasteiger partial charge on any atom is -0.0831 e. The fourth-order valence-electron chi connectivity index (χ4n) is 6.45. The van der Waals surface area contributed by atoms with Crippen LogP contribution in [0.2, 0.25) is 13.1 Å². The molecule has 0 aliphatic heterocycles. The number of hydrogen-bond acceptors (Lipinski definition) is 0. The first-order chi connectivity index (χ1) is 11.1. The van der Waals surface area contributed by atoms with Crippen LogP contribution in [0.15, 0.2) is 23.8 Å². The highest BCUT2D eigenvalue weighted by Gasteiger charge is 2.52. The van der Waals surface area contributed by atoms with E-state index in [4.69, 9.17) is 0 Å². The van der Waals surface area contributed by atoms with Crippen LogP contribution in [0.25, 0.3) is 6.08 Å². The molecular weight excluding hydrogens is 292 g/mol. The van der Waals surface area contributed by atoms with E-state index in [-0.39, 0.29) is 8.41 Å². The van der Waals surface area contributed by atoms with Crippen molar-refractivity contribution in [1.82, 2.24) is 0 Å². The van der Waals surface area contributed by atoms with Gasteiger partial charge in [-0.25, -0.2) is 0 Å². The number of hydrogen-bond donors (Lipinski definition) is 0. The van der Waals surface area contributed by atoms with Crippen LogP contribution in [0.5, 0.6) is 0 Å². The van der Waals surface area contributed by atoms with Gasteiger partial charge in [0, 0.05) is 8.41 Å². The third kappa shape index (κ3) is 2.05. The van der Waals surface area contributed by atoms with Crippen molar-refractivity contribution in [2.75, 3.05) is 0 Å². The second-order valence-electron chi connectivity index (χ2n) is 8.73. The van der Waals surface area contributed by atoms with Gasteiger partial charge in [-0.3, -0.25) is 0 Å². The maximum absolute atomic E-state index is 2.55. The van der Waals surface area contributed by atoms with Gasteiger partial charge in [-0.2, -0.15) is 0 Å². The molecule has 4 atom stereocenters. The van der Waals surface area contributed by atoms with E-state index in [2.05, 4.69) is 44.3 Å². The summed E-state index contributed by atoms with van der Waals surface area (Å²) in [6.45, 7) is 7.39. The minimum absolute atomic E-state index is 0.271. The topological polar surface area (TPSA) is 0 Å². The molecule has 0 heterocycles. The number of allylic oxidation sites excluding steroid dienone is 1. The van der Waals surface area contributed by atoms with Crippen LogP contribution in [0.3, 0.4) is 0 Å². The summed E-state index contributed by atoms with van der Waals surface area (Å²) in [5.41, 5.74) is 6.39. The van der Waals surface area contributed by atoms with Crippen molar-refractivity contribution in [2.45, 2.75) is 58.0 Å². The molecule has 0 aromatic heterocycles. The summed E-state index contributed by atoms with van der Waals surface area (Å²) in [6.07, 6.45) is 9.53. The Hall–Kier alpha value is -0.953. The van der Waals surface area contributed by atoms with Gasteiger partial charge in [0.25, 0.3) is 0 Å². The normalized spacial score (nSPS) is 34.7. The Balaban J connectivity index is 1.65. The molecule has 119 valence electrons. The van der Waals surface area contributed by atoms with Gasteiger partial charge in [0.2, 0.25) is 0 Å². The zero-order chi connectivity index (χ0) is 15.7. The second-order valence-corrected chi connectivity index (χ2v) is 11.3. The lowest BCUT2D eigenvalue weighted by atomic mass is 9.50. The average molecular weight is 320 g/mol. The van der Waals surface area contributed by atoms with Crippen LogP contribution in [-0.2, 0) is 6.42 Å². The molecule has 5 aliphatic carbocycles. The maximum Gasteiger partial charge on any atom is 0.00299 e. The summed E-state index contributed by atoms with van der Waals surface area (Å²) in [7, 11) is -0.271. The lowest BCUT2D eigenvalue weighted by molar-refractivity contribution is 0.180. The van der Waals surface area contributed by atoms with E-state index in [0.29, 0.717) is 0 Å². The maximum atomic E-state index is 2.55. The van der Waals surface area contributed by atoms with E-state index in [1.807, 2.05) is 11.1 Å². The van der Waals surface area contributed by atoms with Crippen LogP contribution < -0.4 is 0 Å². The van der Waals surface area contributed by atoms with Crippen molar-refractivity contribution in [3.8, 4) is 0 Å². The van der Waals surface area contributed by atoms with Gasteiger partial charge in [-0.15, -0.1) is 0 Å². The van der Waals surface area contributed by atoms with E-state index in [1.54, 1.807) is 22.3 Å². The molecule has 1 aromatic carbocycles. The summed E-state index contributed by atoms with van der Waals surface area (Å²) in [5.74, 6) is 5.55. The van der Waals surface area contributed by atoms with E-state index in [9.17, 15) is 0 Å². The molecule has 5 aliphatic rings. The Morgan fingerprint density at radius 3 is 2.78 bits per heavy atom. The smallest absolute Gasteiger partial charge is 0.00299 e. The van der Waals surface area contributed by atoms with Crippen molar-refractivity contribution in [3.05, 3.63) is 46.4 Å². The van der Waals surface area contributed by atoms with Gasteiger partial charge in [0.15, 0.2) is 0 Å². The van der Waals surface area contributed by atoms with Crippen LogP contribution in [-0.4, -0.2) is 13.6 Å². The number of benzene rings is 1. The molecule has 0 N–H and O–H groups in total. The highest BCUT2D eigenvalue weighted by atomic mass is 28.2. The van der Waals surface area contributed by atoms with E-state index in [1.165, 1.54) is 32.1 Å². The third-order valence-electron chi connectivity index (χ3n) is 6.95. The monoisotopic (exact) mass is 319 g/mol. The first kappa shape index (κ1) is 14.4. The van der Waals surface area contributed by atoms with Crippen LogP contribution in [0, 0.1) is 23.7 Å². The molecule has 4 bridgehead atoms. The van der Waals surface area contributed by atoms with Crippen molar-refractivity contribution < 1.29 is 0 Å². The predicted molar refractivity (Wildman–Crippen MR) is 101 cm³/mol. The second kappa shape index (κ2) is 5.02. The Kier molecular flexibility index (Phi) is 3.14. The Morgan fingerprint density at radius 1 is 1.09 bits per heavy atom. The zero-order valence-corrected chi connectivity index (χ0v) is 15.7. The molecule has 1 aromatic rings. The quantitative estimate of drug-likeness (QED) is 0.619. The van der Waals surface area contributed by atoms with Gasteiger partial charge >= 0.3 is 0 Å². The molecule has 0 amide bonds. The van der Waals surface area contributed by atoms with Gasteiger partial charge in [-0.1, -0.05) is 48.1 Å². The van der Waals surface area contributed by atoms with E-state index in [0.717, 1.165) is 23.7 Å². The fourth-order valence-corrected chi connectivity index (χ4v) is 8.51. The standard InChI is InChI=1S/C22H27Si/c1-13-7-15-5-4-6-18(19(15)8-13)21-16-9-14-10-17(12-16)22(23(2)3)20(21)11-14/h4-6,8,14,17,20-21H,7,9-12H2,1-3H3. The van der Waals surface area contributed by atoms with Gasteiger partial charge < -0.3 is 0 Å². The summed E-state index contributed by atoms with van der Waals surface area (Å²) in [4.78, 5) is 0. The van der Waals surface area contributed by atoms with Crippen LogP contribution >= 0.6 is 0 Å². The van der Waals surface area contributed by atoms with Gasteiger partial charge in [-0.05, 0) is 85.3 Å². The molecule has 4 unspecified atom stereocenters. The fraction of sp³-hybridized carbons (Fsp3) is 0.545. The van der Waals surface area contributed by atoms with Crippen LogP contribution in [0.1, 0.15) is 55.2 Å². The van der Waals surface area contributed by atoms with Crippen molar-refractivity contribution in [3.63, 3.8) is 0 Å². The molecule has 23 heavy (non-hydrogen) atoms. The molecule has 1 radical (unpaired) electrons. The summed E-state index contributed by atoms with van der Waals surface area (Å²) in [5, 5.41) is 2.02. The highest BCUT2D eigenvalue weighted by Crippen LogP contribution is 2.60. The average Bonchev–Trinajstić information content (AvgIpc) is 2.87. The van der Waals surface area contributed by atoms with Gasteiger partial charge in [0.05, 0.1) is 0 Å². The zero-order valence-electron chi connectivity index (χ0n) is 14.7.